The summed E-state index contributed by atoms with van der Waals surface area (Å²) in [5.74, 6) is 0.369. The molecule has 1 N–H and O–H groups in total. The smallest absolute Gasteiger partial charge is 0.251 e. The van der Waals surface area contributed by atoms with Gasteiger partial charge in [0.1, 0.15) is 12.4 Å². The van der Waals surface area contributed by atoms with Crippen molar-refractivity contribution < 1.29 is 9.53 Å². The molecule has 94 valence electrons. The zero-order chi connectivity index (χ0) is 13.1. The van der Waals surface area contributed by atoms with E-state index >= 15 is 0 Å². The number of anilines is 1. The van der Waals surface area contributed by atoms with E-state index in [-0.39, 0.29) is 18.1 Å². The number of nitrogens with zero attached hydrogens (tertiary/aromatic N) is 1. The molecule has 0 radical (unpaired) electrons. The third-order valence-electron chi connectivity index (χ3n) is 1.94. The van der Waals surface area contributed by atoms with Crippen molar-refractivity contribution in [3.05, 3.63) is 22.3 Å². The third kappa shape index (κ3) is 5.28. The first-order valence-electron chi connectivity index (χ1n) is 5.34. The van der Waals surface area contributed by atoms with Gasteiger partial charge in [0.25, 0.3) is 5.91 Å². The molecule has 0 unspecified atom stereocenters. The summed E-state index contributed by atoms with van der Waals surface area (Å²) in [5, 5.41) is 2.71. The highest BCUT2D eigenvalue weighted by molar-refractivity contribution is 9.10. The molecule has 1 heterocycles. The summed E-state index contributed by atoms with van der Waals surface area (Å²) in [5.41, 5.74) is 0.586. The maximum atomic E-state index is 11.6. The summed E-state index contributed by atoms with van der Waals surface area (Å²) in [7, 11) is 0. The largest absolute Gasteiger partial charge is 0.366 e. The quantitative estimate of drug-likeness (QED) is 0.934. The van der Waals surface area contributed by atoms with E-state index < -0.39 is 0 Å². The number of ether oxygens (including phenoxy) is 1. The van der Waals surface area contributed by atoms with Crippen LogP contribution in [0, 0.1) is 6.92 Å². The first kappa shape index (κ1) is 14.1. The van der Waals surface area contributed by atoms with Crippen LogP contribution >= 0.6 is 15.9 Å². The lowest BCUT2D eigenvalue weighted by atomic mass is 10.2. The van der Waals surface area contributed by atoms with E-state index in [4.69, 9.17) is 4.74 Å². The number of carbonyl (C=O) groups excluding carboxylic acids is 1. The number of halogens is 1. The summed E-state index contributed by atoms with van der Waals surface area (Å²) in [6.45, 7) is 7.63. The molecule has 0 aliphatic heterocycles. The van der Waals surface area contributed by atoms with E-state index in [2.05, 4.69) is 26.2 Å². The molecule has 4 nitrogen and oxygen atoms in total. The summed E-state index contributed by atoms with van der Waals surface area (Å²) in [6, 6.07) is 1.90. The van der Waals surface area contributed by atoms with Crippen molar-refractivity contribution in [3.8, 4) is 0 Å². The average Bonchev–Trinajstić information content (AvgIpc) is 2.18. The Morgan fingerprint density at radius 3 is 2.71 bits per heavy atom. The molecule has 0 atom stereocenters. The predicted molar refractivity (Wildman–Crippen MR) is 71.0 cm³/mol. The fourth-order valence-electron chi connectivity index (χ4n) is 1.12. The highest BCUT2D eigenvalue weighted by Crippen LogP contribution is 2.16. The van der Waals surface area contributed by atoms with Gasteiger partial charge >= 0.3 is 0 Å². The lowest BCUT2D eigenvalue weighted by Crippen LogP contribution is -2.27. The van der Waals surface area contributed by atoms with Gasteiger partial charge in [-0.3, -0.25) is 4.79 Å². The Kier molecular flexibility index (Phi) is 4.65. The maximum Gasteiger partial charge on any atom is 0.251 e. The highest BCUT2D eigenvalue weighted by Gasteiger charge is 2.13. The van der Waals surface area contributed by atoms with Gasteiger partial charge < -0.3 is 10.1 Å². The molecule has 1 aromatic rings. The van der Waals surface area contributed by atoms with Crippen molar-refractivity contribution in [2.24, 2.45) is 0 Å². The molecular weight excluding hydrogens is 284 g/mol. The standard InChI is InChI=1S/C12H17BrN2O2/c1-8-5-9(13)6-14-11(8)15-10(16)7-17-12(2,3)4/h5-6H,7H2,1-4H3,(H,14,15,16). The Labute approximate surface area is 110 Å². The topological polar surface area (TPSA) is 51.2 Å². The fourth-order valence-corrected chi connectivity index (χ4v) is 1.57. The van der Waals surface area contributed by atoms with Crippen LogP contribution in [0.2, 0.25) is 0 Å². The van der Waals surface area contributed by atoms with Crippen molar-refractivity contribution >= 4 is 27.7 Å². The van der Waals surface area contributed by atoms with Gasteiger partial charge in [-0.1, -0.05) is 0 Å². The van der Waals surface area contributed by atoms with Crippen LogP contribution in [0.25, 0.3) is 0 Å². The van der Waals surface area contributed by atoms with Crippen LogP contribution in [0.1, 0.15) is 26.3 Å². The zero-order valence-corrected chi connectivity index (χ0v) is 12.1. The van der Waals surface area contributed by atoms with Crippen LogP contribution in [-0.4, -0.2) is 23.1 Å². The van der Waals surface area contributed by atoms with Crippen molar-refractivity contribution in [2.75, 3.05) is 11.9 Å². The minimum Gasteiger partial charge on any atom is -0.366 e. The second kappa shape index (κ2) is 5.60. The number of pyridine rings is 1. The van der Waals surface area contributed by atoms with Gasteiger partial charge in [0.05, 0.1) is 5.60 Å². The number of hydrogen-bond donors (Lipinski definition) is 1. The molecule has 5 heteroatoms. The minimum absolute atomic E-state index is 0.0285. The molecule has 0 bridgehead atoms. The first-order valence-corrected chi connectivity index (χ1v) is 6.13. The molecule has 1 rings (SSSR count). The summed E-state index contributed by atoms with van der Waals surface area (Å²) >= 11 is 3.32. The molecule has 0 fully saturated rings. The monoisotopic (exact) mass is 300 g/mol. The van der Waals surface area contributed by atoms with Gasteiger partial charge in [-0.25, -0.2) is 4.98 Å². The van der Waals surface area contributed by atoms with Crippen LogP contribution in [0.4, 0.5) is 5.82 Å². The number of aryl methyl sites for hydroxylation is 1. The predicted octanol–water partition coefficient (Wildman–Crippen LogP) is 2.91. The number of nitrogens with one attached hydrogen (secondary N) is 1. The number of aromatic nitrogens is 1. The normalized spacial score (nSPS) is 11.4. The summed E-state index contributed by atoms with van der Waals surface area (Å²) < 4.78 is 6.27. The fraction of sp³-hybridized carbons (Fsp3) is 0.500. The Morgan fingerprint density at radius 1 is 1.53 bits per heavy atom. The van der Waals surface area contributed by atoms with Gasteiger partial charge in [-0.05, 0) is 55.3 Å². The molecule has 0 aliphatic carbocycles. The molecule has 1 aromatic heterocycles. The number of rotatable bonds is 3. The van der Waals surface area contributed by atoms with Gasteiger partial charge in [-0.2, -0.15) is 0 Å². The Balaban J connectivity index is 2.57. The molecule has 1 amide bonds. The maximum absolute atomic E-state index is 11.6. The van der Waals surface area contributed by atoms with Crippen LogP contribution in [0.3, 0.4) is 0 Å². The van der Waals surface area contributed by atoms with Crippen LogP contribution < -0.4 is 5.32 Å². The average molecular weight is 301 g/mol. The van der Waals surface area contributed by atoms with E-state index in [1.807, 2.05) is 33.8 Å². The molecule has 17 heavy (non-hydrogen) atoms. The summed E-state index contributed by atoms with van der Waals surface area (Å²) in [4.78, 5) is 15.7. The van der Waals surface area contributed by atoms with Gasteiger partial charge in [-0.15, -0.1) is 0 Å². The van der Waals surface area contributed by atoms with E-state index in [1.54, 1.807) is 6.20 Å². The number of amides is 1. The number of hydrogen-bond acceptors (Lipinski definition) is 3. The molecule has 0 aromatic carbocycles. The zero-order valence-electron chi connectivity index (χ0n) is 10.5. The molecule has 0 saturated carbocycles. The van der Waals surface area contributed by atoms with Crippen LogP contribution in [0.5, 0.6) is 0 Å². The Morgan fingerprint density at radius 2 is 2.18 bits per heavy atom. The van der Waals surface area contributed by atoms with Crippen molar-refractivity contribution in [2.45, 2.75) is 33.3 Å². The van der Waals surface area contributed by atoms with E-state index in [0.29, 0.717) is 5.82 Å². The van der Waals surface area contributed by atoms with Gasteiger partial charge in [0, 0.05) is 10.7 Å². The van der Waals surface area contributed by atoms with Crippen molar-refractivity contribution in [3.63, 3.8) is 0 Å². The third-order valence-corrected chi connectivity index (χ3v) is 2.37. The van der Waals surface area contributed by atoms with Gasteiger partial charge in [0.15, 0.2) is 0 Å². The molecule has 0 saturated heterocycles. The van der Waals surface area contributed by atoms with Crippen LogP contribution in [-0.2, 0) is 9.53 Å². The Bertz CT molecular complexity index is 413. The van der Waals surface area contributed by atoms with Crippen LogP contribution in [0.15, 0.2) is 16.7 Å². The lowest BCUT2D eigenvalue weighted by Gasteiger charge is -2.19. The minimum atomic E-state index is -0.320. The second-order valence-corrected chi connectivity index (χ2v) is 5.68. The lowest BCUT2D eigenvalue weighted by molar-refractivity contribution is -0.125. The summed E-state index contributed by atoms with van der Waals surface area (Å²) in [6.07, 6.45) is 1.65. The number of carbonyl (C=O) groups is 1. The SMILES string of the molecule is Cc1cc(Br)cnc1NC(=O)COC(C)(C)C. The van der Waals surface area contributed by atoms with E-state index in [1.165, 1.54) is 0 Å². The van der Waals surface area contributed by atoms with Crippen molar-refractivity contribution in [1.29, 1.82) is 0 Å². The highest BCUT2D eigenvalue weighted by atomic mass is 79.9. The molecular formula is C12H17BrN2O2. The second-order valence-electron chi connectivity index (χ2n) is 4.77. The van der Waals surface area contributed by atoms with E-state index in [9.17, 15) is 4.79 Å². The first-order chi connectivity index (χ1) is 7.78. The van der Waals surface area contributed by atoms with Gasteiger partial charge in [0.2, 0.25) is 0 Å². The van der Waals surface area contributed by atoms with E-state index in [0.717, 1.165) is 10.0 Å². The van der Waals surface area contributed by atoms with Crippen molar-refractivity contribution in [1.82, 2.24) is 4.98 Å². The molecule has 0 aliphatic rings. The Hall–Kier alpha value is -0.940. The molecule has 0 spiro atoms.